The number of hydrogen-bond donors (Lipinski definition) is 3. The predicted molar refractivity (Wildman–Crippen MR) is 198 cm³/mol. The Morgan fingerprint density at radius 1 is 1.06 bits per heavy atom. The van der Waals surface area contributed by atoms with E-state index in [0.717, 1.165) is 67.8 Å². The summed E-state index contributed by atoms with van der Waals surface area (Å²) in [7, 11) is 0. The molecule has 2 aliphatic rings. The molecule has 1 aliphatic carbocycles. The first kappa shape index (κ1) is 37.0. The van der Waals surface area contributed by atoms with Crippen molar-refractivity contribution in [2.45, 2.75) is 70.9 Å². The summed E-state index contributed by atoms with van der Waals surface area (Å²) in [6.45, 7) is 4.01. The molecule has 3 aromatic carbocycles. The van der Waals surface area contributed by atoms with Crippen LogP contribution >= 0.6 is 11.3 Å². The average molecular weight is 712 g/mol. The van der Waals surface area contributed by atoms with Gasteiger partial charge < -0.3 is 30.3 Å². The van der Waals surface area contributed by atoms with E-state index in [9.17, 15) is 19.2 Å². The van der Waals surface area contributed by atoms with Gasteiger partial charge in [-0.05, 0) is 74.9 Å². The molecule has 0 atom stereocenters. The van der Waals surface area contributed by atoms with Gasteiger partial charge in [0, 0.05) is 48.2 Å². The number of ether oxygens (including phenoxy) is 2. The molecule has 0 saturated heterocycles. The molecule has 11 nitrogen and oxygen atoms in total. The van der Waals surface area contributed by atoms with Crippen molar-refractivity contribution in [2.24, 2.45) is 0 Å². The van der Waals surface area contributed by atoms with Crippen LogP contribution in [0.4, 0.5) is 11.4 Å². The Kier molecular flexibility index (Phi) is 14.0. The molecule has 1 aromatic heterocycles. The highest BCUT2D eigenvalue weighted by molar-refractivity contribution is 7.07. The molecule has 3 N–H and O–H groups in total. The van der Waals surface area contributed by atoms with Crippen molar-refractivity contribution in [3.8, 4) is 11.5 Å². The van der Waals surface area contributed by atoms with Gasteiger partial charge in [0.05, 0.1) is 23.5 Å². The fourth-order valence-corrected chi connectivity index (χ4v) is 6.04. The van der Waals surface area contributed by atoms with Crippen LogP contribution in [0, 0.1) is 6.92 Å². The number of anilines is 2. The number of thiazole rings is 1. The average Bonchev–Trinajstić information content (AvgIpc) is 3.85. The van der Waals surface area contributed by atoms with E-state index >= 15 is 0 Å². The summed E-state index contributed by atoms with van der Waals surface area (Å²) in [5, 5.41) is 10.3. The minimum atomic E-state index is -0.175. The zero-order valence-corrected chi connectivity index (χ0v) is 29.7. The largest absolute Gasteiger partial charge is 0.494 e. The van der Waals surface area contributed by atoms with Gasteiger partial charge in [0.2, 0.25) is 12.3 Å². The Bertz CT molecular complexity index is 1740. The minimum Gasteiger partial charge on any atom is -0.494 e. The quantitative estimate of drug-likeness (QED) is 0.0836. The van der Waals surface area contributed by atoms with Crippen LogP contribution in [0.25, 0.3) is 0 Å². The van der Waals surface area contributed by atoms with Crippen LogP contribution in [0.2, 0.25) is 0 Å². The van der Waals surface area contributed by atoms with Crippen LogP contribution in [0.1, 0.15) is 72.1 Å². The molecule has 4 amide bonds. The van der Waals surface area contributed by atoms with E-state index in [-0.39, 0.29) is 24.3 Å². The van der Waals surface area contributed by atoms with Crippen LogP contribution in [0.5, 0.6) is 11.5 Å². The van der Waals surface area contributed by atoms with Crippen molar-refractivity contribution in [1.82, 2.24) is 15.2 Å². The lowest BCUT2D eigenvalue weighted by Gasteiger charge is -2.24. The summed E-state index contributed by atoms with van der Waals surface area (Å²) in [6.07, 6.45) is 8.00. The minimum absolute atomic E-state index is 0.00590. The number of carbonyl (C=O) groups excluding carboxylic acids is 4. The number of nitrogens with zero attached hydrogens (tertiary/aromatic N) is 2. The highest BCUT2D eigenvalue weighted by atomic mass is 32.1. The highest BCUT2D eigenvalue weighted by Gasteiger charge is 2.33. The molecule has 6 rings (SSSR count). The second-order valence-electron chi connectivity index (χ2n) is 12.6. The number of amides is 4. The molecule has 0 unspecified atom stereocenters. The zero-order valence-electron chi connectivity index (χ0n) is 28.9. The SMILES string of the molecule is Cc1ccc(CN(C(=O)c2ccc3c(c2)OCC(=O)N3)C2CC2)cc1.O=CNc1cccc(OCCCCCCNC(=O)CCc2cscn2)c1. The van der Waals surface area contributed by atoms with Gasteiger partial charge in [-0.15, -0.1) is 11.3 Å². The molecule has 1 fully saturated rings. The molecule has 4 aromatic rings. The first-order valence-electron chi connectivity index (χ1n) is 17.4. The van der Waals surface area contributed by atoms with Gasteiger partial charge in [-0.3, -0.25) is 19.2 Å². The van der Waals surface area contributed by atoms with Crippen molar-refractivity contribution < 1.29 is 28.7 Å². The molecular weight excluding hydrogens is 667 g/mol. The van der Waals surface area contributed by atoms with Gasteiger partial charge in [0.1, 0.15) is 11.5 Å². The Labute approximate surface area is 302 Å². The third-order valence-corrected chi connectivity index (χ3v) is 9.03. The second kappa shape index (κ2) is 19.2. The molecule has 1 saturated carbocycles. The van der Waals surface area contributed by atoms with E-state index in [0.29, 0.717) is 55.4 Å². The number of hydrogen-bond acceptors (Lipinski definition) is 8. The predicted octanol–water partition coefficient (Wildman–Crippen LogP) is 6.53. The molecule has 0 radical (unpaired) electrons. The number of nitrogens with one attached hydrogen (secondary N) is 3. The molecule has 2 heterocycles. The zero-order chi connectivity index (χ0) is 35.8. The van der Waals surface area contributed by atoms with Gasteiger partial charge in [0.15, 0.2) is 6.61 Å². The van der Waals surface area contributed by atoms with Gasteiger partial charge in [-0.25, -0.2) is 4.98 Å². The summed E-state index contributed by atoms with van der Waals surface area (Å²) in [5.41, 5.74) is 7.04. The van der Waals surface area contributed by atoms with Crippen LogP contribution < -0.4 is 25.4 Å². The first-order valence-corrected chi connectivity index (χ1v) is 18.3. The molecule has 0 bridgehead atoms. The van der Waals surface area contributed by atoms with E-state index in [1.54, 1.807) is 41.1 Å². The molecule has 1 aliphatic heterocycles. The Hall–Kier alpha value is -5.23. The van der Waals surface area contributed by atoms with Crippen LogP contribution in [-0.4, -0.2) is 59.8 Å². The third-order valence-electron chi connectivity index (χ3n) is 8.40. The molecule has 51 heavy (non-hydrogen) atoms. The maximum atomic E-state index is 13.0. The second-order valence-corrected chi connectivity index (χ2v) is 13.3. The molecule has 268 valence electrons. The van der Waals surface area contributed by atoms with E-state index < -0.39 is 0 Å². The summed E-state index contributed by atoms with van der Waals surface area (Å²) >= 11 is 1.55. The van der Waals surface area contributed by atoms with Crippen molar-refractivity contribution in [3.63, 3.8) is 0 Å². The van der Waals surface area contributed by atoms with Gasteiger partial charge >= 0.3 is 0 Å². The van der Waals surface area contributed by atoms with Crippen LogP contribution in [-0.2, 0) is 27.3 Å². The van der Waals surface area contributed by atoms with E-state index in [1.807, 2.05) is 28.5 Å². The van der Waals surface area contributed by atoms with Crippen molar-refractivity contribution in [2.75, 3.05) is 30.4 Å². The highest BCUT2D eigenvalue weighted by Crippen LogP contribution is 2.33. The maximum Gasteiger partial charge on any atom is 0.262 e. The van der Waals surface area contributed by atoms with E-state index in [2.05, 4.69) is 52.1 Å². The summed E-state index contributed by atoms with van der Waals surface area (Å²) in [5.74, 6) is 1.22. The number of benzene rings is 3. The number of aryl methyl sites for hydroxylation is 2. The van der Waals surface area contributed by atoms with E-state index in [1.165, 1.54) is 5.56 Å². The summed E-state index contributed by atoms with van der Waals surface area (Å²) < 4.78 is 11.1. The number of unbranched alkanes of at least 4 members (excludes halogenated alkanes) is 3. The van der Waals surface area contributed by atoms with Gasteiger partial charge in [-0.2, -0.15) is 0 Å². The number of carbonyl (C=O) groups is 4. The summed E-state index contributed by atoms with van der Waals surface area (Å²) in [6, 6.07) is 21.1. The van der Waals surface area contributed by atoms with Crippen LogP contribution in [0.15, 0.2) is 77.6 Å². The van der Waals surface area contributed by atoms with E-state index in [4.69, 9.17) is 9.47 Å². The Balaban J connectivity index is 0.000000198. The van der Waals surface area contributed by atoms with Crippen molar-refractivity contribution in [1.29, 1.82) is 0 Å². The fourth-order valence-electron chi connectivity index (χ4n) is 5.45. The molecular formula is C39H45N5O6S. The monoisotopic (exact) mass is 711 g/mol. The molecule has 0 spiro atoms. The van der Waals surface area contributed by atoms with Crippen molar-refractivity contribution >= 4 is 46.8 Å². The number of rotatable bonds is 17. The lowest BCUT2D eigenvalue weighted by molar-refractivity contribution is -0.121. The Morgan fingerprint density at radius 2 is 1.88 bits per heavy atom. The number of fused-ring (bicyclic) bond motifs is 1. The smallest absolute Gasteiger partial charge is 0.262 e. The van der Waals surface area contributed by atoms with Crippen molar-refractivity contribution in [3.05, 3.63) is 100 Å². The lowest BCUT2D eigenvalue weighted by atomic mass is 10.1. The standard InChI is InChI=1S/C20H20N2O3.C19H25N3O3S/c1-13-2-4-14(5-3-13)11-22(16-7-8-16)20(24)15-6-9-17-18(10-15)25-12-19(23)21-17;23-14-21-16-6-5-7-18(12-16)25-11-4-2-1-3-10-20-19(24)9-8-17-13-26-15-22-17/h2-6,9-10,16H,7-8,11-12H2,1H3,(H,21,23);5-7,12-15H,1-4,8-11H2,(H,20,24)(H,21,23). The Morgan fingerprint density at radius 3 is 2.65 bits per heavy atom. The maximum absolute atomic E-state index is 13.0. The molecule has 12 heteroatoms. The number of aromatic nitrogens is 1. The third kappa shape index (κ3) is 12.2. The first-order chi connectivity index (χ1) is 24.9. The summed E-state index contributed by atoms with van der Waals surface area (Å²) in [4.78, 5) is 52.7. The lowest BCUT2D eigenvalue weighted by Crippen LogP contribution is -2.33. The normalized spacial score (nSPS) is 13.0. The van der Waals surface area contributed by atoms with Gasteiger partial charge in [0.25, 0.3) is 11.8 Å². The topological polar surface area (TPSA) is 139 Å². The van der Waals surface area contributed by atoms with Crippen LogP contribution in [0.3, 0.4) is 0 Å². The van der Waals surface area contributed by atoms with Gasteiger partial charge in [-0.1, -0.05) is 48.7 Å². The fraction of sp³-hybridized carbons (Fsp3) is 0.359.